The Hall–Kier alpha value is -0.640. The summed E-state index contributed by atoms with van der Waals surface area (Å²) in [4.78, 5) is 0.813. The van der Waals surface area contributed by atoms with Crippen molar-refractivity contribution in [1.82, 2.24) is 0 Å². The molecule has 0 aromatic heterocycles. The van der Waals surface area contributed by atoms with E-state index in [0.717, 1.165) is 25.7 Å². The van der Waals surface area contributed by atoms with Crippen molar-refractivity contribution in [2.24, 2.45) is 0 Å². The van der Waals surface area contributed by atoms with Gasteiger partial charge in [-0.3, -0.25) is 0 Å². The molecule has 0 fully saturated rings. The maximum Gasteiger partial charge on any atom is 0.147 e. The first-order valence-electron chi connectivity index (χ1n) is 5.01. The van der Waals surface area contributed by atoms with E-state index in [1.54, 1.807) is 0 Å². The van der Waals surface area contributed by atoms with Crippen LogP contribution in [-0.2, 0) is 6.61 Å². The lowest BCUT2D eigenvalue weighted by atomic mass is 10.2. The number of ether oxygens (including phenoxy) is 1. The van der Waals surface area contributed by atoms with Gasteiger partial charge in [0, 0.05) is 9.92 Å². The second kappa shape index (κ2) is 5.80. The van der Waals surface area contributed by atoms with Crippen LogP contribution in [0.25, 0.3) is 0 Å². The van der Waals surface area contributed by atoms with Crippen LogP contribution in [-0.4, -0.2) is 0 Å². The van der Waals surface area contributed by atoms with Crippen LogP contribution < -0.4 is 4.74 Å². The molecular formula is C13H10BrClOS. The van der Waals surface area contributed by atoms with Crippen LogP contribution in [0.3, 0.4) is 0 Å². The summed E-state index contributed by atoms with van der Waals surface area (Å²) in [5, 5.41) is 0.726. The Bertz CT molecular complexity index is 493. The summed E-state index contributed by atoms with van der Waals surface area (Å²) in [5.41, 5.74) is 1.07. The SMILES string of the molecule is Sc1cccc(Br)c1OCc1ccc(Cl)cc1. The molecular weight excluding hydrogens is 320 g/mol. The third-order valence-electron chi connectivity index (χ3n) is 2.24. The number of hydrogen-bond acceptors (Lipinski definition) is 2. The quantitative estimate of drug-likeness (QED) is 0.782. The van der Waals surface area contributed by atoms with E-state index in [9.17, 15) is 0 Å². The van der Waals surface area contributed by atoms with Crippen LogP contribution in [0.2, 0.25) is 5.02 Å². The van der Waals surface area contributed by atoms with E-state index in [-0.39, 0.29) is 0 Å². The molecule has 1 nitrogen and oxygen atoms in total. The van der Waals surface area contributed by atoms with Crippen LogP contribution in [0.15, 0.2) is 51.8 Å². The summed E-state index contributed by atoms with van der Waals surface area (Å²) in [6.45, 7) is 0.493. The molecule has 0 saturated carbocycles. The first-order valence-corrected chi connectivity index (χ1v) is 6.63. The average Bonchev–Trinajstić information content (AvgIpc) is 2.31. The van der Waals surface area contributed by atoms with E-state index >= 15 is 0 Å². The van der Waals surface area contributed by atoms with Crippen molar-refractivity contribution in [1.29, 1.82) is 0 Å². The third-order valence-corrected chi connectivity index (χ3v) is 3.47. The Balaban J connectivity index is 2.10. The van der Waals surface area contributed by atoms with E-state index in [4.69, 9.17) is 16.3 Å². The molecule has 2 rings (SSSR count). The minimum atomic E-state index is 0.493. The lowest BCUT2D eigenvalue weighted by Crippen LogP contribution is -1.96. The van der Waals surface area contributed by atoms with Crippen molar-refractivity contribution < 1.29 is 4.74 Å². The Morgan fingerprint density at radius 1 is 1.12 bits per heavy atom. The summed E-state index contributed by atoms with van der Waals surface area (Å²) in [7, 11) is 0. The minimum absolute atomic E-state index is 0.493. The molecule has 0 unspecified atom stereocenters. The molecule has 2 aromatic carbocycles. The van der Waals surface area contributed by atoms with E-state index in [1.807, 2.05) is 42.5 Å². The van der Waals surface area contributed by atoms with Gasteiger partial charge in [-0.2, -0.15) is 0 Å². The molecule has 0 bridgehead atoms. The van der Waals surface area contributed by atoms with Crippen molar-refractivity contribution >= 4 is 40.2 Å². The molecule has 2 aromatic rings. The van der Waals surface area contributed by atoms with Gasteiger partial charge in [0.2, 0.25) is 0 Å². The highest BCUT2D eigenvalue weighted by atomic mass is 79.9. The standard InChI is InChI=1S/C13H10BrClOS/c14-11-2-1-3-12(17)13(11)16-8-9-4-6-10(15)7-5-9/h1-7,17H,8H2. The maximum atomic E-state index is 5.82. The fourth-order valence-corrected chi connectivity index (χ4v) is 2.41. The normalized spacial score (nSPS) is 10.3. The van der Waals surface area contributed by atoms with Crippen LogP contribution in [0.5, 0.6) is 5.75 Å². The van der Waals surface area contributed by atoms with Crippen LogP contribution >= 0.6 is 40.2 Å². The molecule has 0 amide bonds. The van der Waals surface area contributed by atoms with Crippen molar-refractivity contribution in [3.05, 3.63) is 57.5 Å². The third kappa shape index (κ3) is 3.41. The molecule has 0 aliphatic heterocycles. The Labute approximate surface area is 119 Å². The minimum Gasteiger partial charge on any atom is -0.487 e. The second-order valence-electron chi connectivity index (χ2n) is 3.50. The van der Waals surface area contributed by atoms with Gasteiger partial charge in [-0.1, -0.05) is 29.8 Å². The zero-order valence-corrected chi connectivity index (χ0v) is 12.1. The number of halogens is 2. The second-order valence-corrected chi connectivity index (χ2v) is 5.28. The summed E-state index contributed by atoms with van der Waals surface area (Å²) in [6, 6.07) is 13.3. The highest BCUT2D eigenvalue weighted by Gasteiger charge is 2.05. The number of thiol groups is 1. The molecule has 0 heterocycles. The lowest BCUT2D eigenvalue weighted by molar-refractivity contribution is 0.297. The summed E-state index contributed by atoms with van der Waals surface area (Å²) in [6.07, 6.45) is 0. The van der Waals surface area contributed by atoms with Gasteiger partial charge in [0.05, 0.1) is 4.47 Å². The molecule has 0 atom stereocenters. The fraction of sp³-hybridized carbons (Fsp3) is 0.0769. The highest BCUT2D eigenvalue weighted by molar-refractivity contribution is 9.10. The lowest BCUT2D eigenvalue weighted by Gasteiger charge is -2.10. The predicted octanol–water partition coefficient (Wildman–Crippen LogP) is 4.97. The Morgan fingerprint density at radius 2 is 1.82 bits per heavy atom. The molecule has 0 spiro atoms. The zero-order valence-electron chi connectivity index (χ0n) is 8.86. The van der Waals surface area contributed by atoms with E-state index < -0.39 is 0 Å². The zero-order chi connectivity index (χ0) is 12.3. The molecule has 0 aliphatic carbocycles. The first kappa shape index (κ1) is 12.8. The van der Waals surface area contributed by atoms with Gasteiger partial charge in [0.1, 0.15) is 12.4 Å². The van der Waals surface area contributed by atoms with Gasteiger partial charge in [-0.05, 0) is 45.8 Å². The summed E-state index contributed by atoms with van der Waals surface area (Å²) >= 11 is 13.6. The van der Waals surface area contributed by atoms with Gasteiger partial charge in [-0.25, -0.2) is 0 Å². The molecule has 0 saturated heterocycles. The number of rotatable bonds is 3. The van der Waals surface area contributed by atoms with Gasteiger partial charge in [-0.15, -0.1) is 12.6 Å². The first-order chi connectivity index (χ1) is 8.16. The highest BCUT2D eigenvalue weighted by Crippen LogP contribution is 2.32. The van der Waals surface area contributed by atoms with Gasteiger partial charge < -0.3 is 4.74 Å². The van der Waals surface area contributed by atoms with Crippen LogP contribution in [0.4, 0.5) is 0 Å². The molecule has 4 heteroatoms. The maximum absolute atomic E-state index is 5.82. The number of hydrogen-bond donors (Lipinski definition) is 1. The van der Waals surface area contributed by atoms with Gasteiger partial charge in [0.25, 0.3) is 0 Å². The molecule has 0 N–H and O–H groups in total. The topological polar surface area (TPSA) is 9.23 Å². The van der Waals surface area contributed by atoms with Crippen molar-refractivity contribution in [3.63, 3.8) is 0 Å². The van der Waals surface area contributed by atoms with Crippen molar-refractivity contribution in [2.45, 2.75) is 11.5 Å². The van der Waals surface area contributed by atoms with Crippen LogP contribution in [0.1, 0.15) is 5.56 Å². The van der Waals surface area contributed by atoms with Crippen molar-refractivity contribution in [3.8, 4) is 5.75 Å². The molecule has 0 aliphatic rings. The van der Waals surface area contributed by atoms with Crippen LogP contribution in [0, 0.1) is 0 Å². The Kier molecular flexibility index (Phi) is 4.37. The van der Waals surface area contributed by atoms with E-state index in [2.05, 4.69) is 28.6 Å². The smallest absolute Gasteiger partial charge is 0.147 e. The Morgan fingerprint density at radius 3 is 2.47 bits per heavy atom. The van der Waals surface area contributed by atoms with Gasteiger partial charge in [0.15, 0.2) is 0 Å². The predicted molar refractivity (Wildman–Crippen MR) is 77.2 cm³/mol. The van der Waals surface area contributed by atoms with Gasteiger partial charge >= 0.3 is 0 Å². The number of benzene rings is 2. The van der Waals surface area contributed by atoms with E-state index in [0.29, 0.717) is 6.61 Å². The summed E-state index contributed by atoms with van der Waals surface area (Å²) in [5.74, 6) is 0.755. The molecule has 17 heavy (non-hydrogen) atoms. The number of para-hydroxylation sites is 1. The fourth-order valence-electron chi connectivity index (χ4n) is 1.38. The monoisotopic (exact) mass is 328 g/mol. The molecule has 0 radical (unpaired) electrons. The van der Waals surface area contributed by atoms with E-state index in [1.165, 1.54) is 0 Å². The largest absolute Gasteiger partial charge is 0.487 e. The molecule has 88 valence electrons. The van der Waals surface area contributed by atoms with Crippen molar-refractivity contribution in [2.75, 3.05) is 0 Å². The summed E-state index contributed by atoms with van der Waals surface area (Å²) < 4.78 is 6.63. The average molecular weight is 330 g/mol.